The number of aromatic nitrogens is 3. The Hall–Kier alpha value is -3.09. The average molecular weight is 635 g/mol. The third-order valence-electron chi connectivity index (χ3n) is 8.13. The molecule has 0 bridgehead atoms. The molecule has 5 heterocycles. The molecule has 8 nitrogen and oxygen atoms in total. The summed E-state index contributed by atoms with van der Waals surface area (Å²) in [5.41, 5.74) is 7.29. The summed E-state index contributed by atoms with van der Waals surface area (Å²) in [6.07, 6.45) is 4.72. The Morgan fingerprint density at radius 1 is 1.22 bits per heavy atom. The van der Waals surface area contributed by atoms with Gasteiger partial charge < -0.3 is 5.11 Å². The molecule has 1 aromatic carbocycles. The van der Waals surface area contributed by atoms with Crippen molar-refractivity contribution in [3.8, 4) is 17.3 Å². The molecule has 1 unspecified atom stereocenters. The number of benzene rings is 1. The number of imidazole rings is 1. The van der Waals surface area contributed by atoms with E-state index in [9.17, 15) is 19.6 Å². The molecule has 6 rings (SSSR count). The number of likely N-dealkylation sites (tertiary alicyclic amines) is 2. The number of carbonyl (C=O) groups is 1. The normalized spacial score (nSPS) is 17.5. The fourth-order valence-electron chi connectivity index (χ4n) is 5.77. The summed E-state index contributed by atoms with van der Waals surface area (Å²) in [6.45, 7) is 5.24. The topological polar surface area (TPSA) is 97.8 Å². The van der Waals surface area contributed by atoms with E-state index < -0.39 is 20.5 Å². The van der Waals surface area contributed by atoms with Crippen molar-refractivity contribution in [1.82, 2.24) is 24.2 Å². The first-order valence-corrected chi connectivity index (χ1v) is 18.6. The van der Waals surface area contributed by atoms with Crippen LogP contribution >= 0.6 is 11.3 Å². The number of fused-ring (bicyclic) bond motifs is 1. The van der Waals surface area contributed by atoms with E-state index in [-0.39, 0.29) is 12.0 Å². The second kappa shape index (κ2) is 11.7. The Balaban J connectivity index is 1.22. The monoisotopic (exact) mass is 634 g/mol. The molecule has 0 spiro atoms. The SMILES string of the molecule is CCc1nc2ccc(C3CCN(CC(=O)N4CC(O)C4)CC3)cn2c1[As](C)c1nc(-c2ccc(F)cc2C#N)cs1. The van der Waals surface area contributed by atoms with Gasteiger partial charge in [0.1, 0.15) is 0 Å². The van der Waals surface area contributed by atoms with Crippen LogP contribution in [-0.4, -0.2) is 88.7 Å². The number of halogens is 1. The van der Waals surface area contributed by atoms with Gasteiger partial charge in [-0.3, -0.25) is 0 Å². The van der Waals surface area contributed by atoms with Crippen molar-refractivity contribution in [1.29, 1.82) is 5.26 Å². The van der Waals surface area contributed by atoms with Crippen LogP contribution in [0.15, 0.2) is 41.9 Å². The van der Waals surface area contributed by atoms with Crippen molar-refractivity contribution in [2.45, 2.75) is 43.9 Å². The molecule has 3 aromatic heterocycles. The number of β-amino-alcohol motifs (C(OH)–C–C–N with tert-alkyl or cyclic N) is 1. The van der Waals surface area contributed by atoms with E-state index >= 15 is 0 Å². The second-order valence-corrected chi connectivity index (χ2v) is 16.4. The Labute approximate surface area is 247 Å². The van der Waals surface area contributed by atoms with Crippen LogP contribution in [0.2, 0.25) is 5.71 Å². The van der Waals surface area contributed by atoms with Gasteiger partial charge in [0.25, 0.3) is 0 Å². The first-order chi connectivity index (χ1) is 19.8. The number of aliphatic hydroxyl groups excluding tert-OH is 1. The number of hydrogen-bond acceptors (Lipinski definition) is 7. The van der Waals surface area contributed by atoms with Crippen LogP contribution in [0.1, 0.15) is 42.5 Å². The van der Waals surface area contributed by atoms with Crippen LogP contribution in [0.5, 0.6) is 0 Å². The minimum absolute atomic E-state index is 0.109. The molecule has 2 aliphatic heterocycles. The van der Waals surface area contributed by atoms with Crippen molar-refractivity contribution in [3.63, 3.8) is 0 Å². The standard InChI is InChI=1S/C30H32AsFN6O2S/c1-3-25-29(31(2)30-35-26(18-41-30)24-6-5-22(32)12-21(24)13-33)38-14-20(4-7-27(38)34-25)19-8-10-36(11-9-19)17-28(40)37-15-23(39)16-37/h4-7,12,14,18-19,23,39H,3,8-11,15-17H2,1-2H3. The molecule has 4 aromatic rings. The van der Waals surface area contributed by atoms with Gasteiger partial charge in [0, 0.05) is 0 Å². The van der Waals surface area contributed by atoms with Gasteiger partial charge in [-0.15, -0.1) is 0 Å². The molecule has 1 atom stereocenters. The van der Waals surface area contributed by atoms with Gasteiger partial charge in [-0.05, 0) is 0 Å². The minimum atomic E-state index is -1.82. The summed E-state index contributed by atoms with van der Waals surface area (Å²) in [5.74, 6) is 0.104. The van der Waals surface area contributed by atoms with Gasteiger partial charge >= 0.3 is 237 Å². The van der Waals surface area contributed by atoms with Crippen molar-refractivity contribution in [2.75, 3.05) is 32.7 Å². The van der Waals surface area contributed by atoms with Crippen molar-refractivity contribution in [3.05, 3.63) is 64.5 Å². The number of pyridine rings is 1. The molecule has 11 heteroatoms. The van der Waals surface area contributed by atoms with Crippen molar-refractivity contribution < 1.29 is 14.3 Å². The fraction of sp³-hybridized carbons (Fsp3) is 0.400. The molecule has 2 aliphatic rings. The third-order valence-corrected chi connectivity index (χ3v) is 14.6. The van der Waals surface area contributed by atoms with E-state index in [1.54, 1.807) is 22.3 Å². The van der Waals surface area contributed by atoms with E-state index in [4.69, 9.17) is 9.97 Å². The van der Waals surface area contributed by atoms with Crippen molar-refractivity contribution >= 4 is 45.8 Å². The summed E-state index contributed by atoms with van der Waals surface area (Å²) < 4.78 is 18.3. The van der Waals surface area contributed by atoms with E-state index in [0.717, 1.165) is 47.5 Å². The molecular formula is C30H32AsFN6O2S. The number of carbonyl (C=O) groups excluding carboxylic acids is 1. The molecular weight excluding hydrogens is 602 g/mol. The Morgan fingerprint density at radius 2 is 2.00 bits per heavy atom. The van der Waals surface area contributed by atoms with Crippen LogP contribution in [0.25, 0.3) is 16.9 Å². The first-order valence-electron chi connectivity index (χ1n) is 13.9. The molecule has 41 heavy (non-hydrogen) atoms. The number of hydrogen-bond donors (Lipinski definition) is 1. The molecule has 0 saturated carbocycles. The summed E-state index contributed by atoms with van der Waals surface area (Å²) >= 11 is -0.213. The summed E-state index contributed by atoms with van der Waals surface area (Å²) in [5, 5.41) is 21.0. The van der Waals surface area contributed by atoms with Crippen LogP contribution in [0.3, 0.4) is 0 Å². The van der Waals surface area contributed by atoms with Gasteiger partial charge in [-0.25, -0.2) is 0 Å². The van der Waals surface area contributed by atoms with Crippen LogP contribution < -0.4 is 8.28 Å². The number of nitrogens with zero attached hydrogens (tertiary/aromatic N) is 6. The summed E-state index contributed by atoms with van der Waals surface area (Å²) in [7, 11) is 0. The third kappa shape index (κ3) is 5.56. The molecule has 2 saturated heterocycles. The number of nitriles is 1. The number of aryl methyl sites for hydroxylation is 1. The van der Waals surface area contributed by atoms with E-state index in [1.807, 2.05) is 5.38 Å². The van der Waals surface area contributed by atoms with Crippen LogP contribution in [0, 0.1) is 17.1 Å². The number of aliphatic hydroxyl groups is 1. The zero-order chi connectivity index (χ0) is 28.7. The van der Waals surface area contributed by atoms with E-state index in [2.05, 4.69) is 46.3 Å². The molecule has 212 valence electrons. The predicted octanol–water partition coefficient (Wildman–Crippen LogP) is 2.65. The Kier molecular flexibility index (Phi) is 7.97. The number of rotatable bonds is 7. The van der Waals surface area contributed by atoms with E-state index in [0.29, 0.717) is 42.4 Å². The summed E-state index contributed by atoms with van der Waals surface area (Å²) in [6, 6.07) is 10.7. The second-order valence-electron chi connectivity index (χ2n) is 10.8. The molecule has 0 radical (unpaired) electrons. The zero-order valence-electron chi connectivity index (χ0n) is 23.1. The van der Waals surface area contributed by atoms with Gasteiger partial charge in [0.15, 0.2) is 0 Å². The molecule has 0 aliphatic carbocycles. The summed E-state index contributed by atoms with van der Waals surface area (Å²) in [4.78, 5) is 26.3. The maximum absolute atomic E-state index is 13.7. The first kappa shape index (κ1) is 28.0. The quantitative estimate of drug-likeness (QED) is 0.314. The van der Waals surface area contributed by atoms with Crippen molar-refractivity contribution in [2.24, 2.45) is 0 Å². The van der Waals surface area contributed by atoms with Gasteiger partial charge in [-0.2, -0.15) is 0 Å². The Morgan fingerprint density at radius 3 is 2.71 bits per heavy atom. The van der Waals surface area contributed by atoms with Crippen LogP contribution in [-0.2, 0) is 11.2 Å². The number of thiazole rings is 1. The van der Waals surface area contributed by atoms with E-state index in [1.165, 1.54) is 22.2 Å². The fourth-order valence-corrected chi connectivity index (χ4v) is 11.4. The van der Waals surface area contributed by atoms with Gasteiger partial charge in [-0.1, -0.05) is 0 Å². The number of amides is 1. The predicted molar refractivity (Wildman–Crippen MR) is 159 cm³/mol. The molecule has 1 N–H and O–H groups in total. The Bertz CT molecular complexity index is 1630. The average Bonchev–Trinajstić information content (AvgIpc) is 3.60. The van der Waals surface area contributed by atoms with Gasteiger partial charge in [0.05, 0.1) is 6.10 Å². The molecule has 2 fully saturated rings. The zero-order valence-corrected chi connectivity index (χ0v) is 25.8. The number of piperidine rings is 1. The molecule has 1 amide bonds. The van der Waals surface area contributed by atoms with Crippen LogP contribution in [0.4, 0.5) is 4.39 Å². The maximum atomic E-state index is 13.7. The van der Waals surface area contributed by atoms with Gasteiger partial charge in [0.2, 0.25) is 0 Å².